The number of rotatable bonds is 3. The fourth-order valence-corrected chi connectivity index (χ4v) is 2.18. The van der Waals surface area contributed by atoms with E-state index in [0.717, 1.165) is 6.07 Å². The zero-order valence-electron chi connectivity index (χ0n) is 11.0. The van der Waals surface area contributed by atoms with E-state index in [9.17, 15) is 24.8 Å². The molecule has 1 aliphatic rings. The van der Waals surface area contributed by atoms with Gasteiger partial charge in [0.15, 0.2) is 0 Å². The van der Waals surface area contributed by atoms with Crippen LogP contribution in [0.25, 0.3) is 0 Å². The minimum Gasteiger partial charge on any atom is -0.508 e. The summed E-state index contributed by atoms with van der Waals surface area (Å²) in [6.45, 7) is 0. The van der Waals surface area contributed by atoms with Crippen LogP contribution in [0, 0.1) is 10.1 Å². The molecular weight excluding hydrogens is 290 g/mol. The zero-order valence-corrected chi connectivity index (χ0v) is 11.0. The summed E-state index contributed by atoms with van der Waals surface area (Å²) >= 11 is 0. The molecule has 22 heavy (non-hydrogen) atoms. The van der Waals surface area contributed by atoms with Crippen molar-refractivity contribution < 1.29 is 19.6 Å². The number of carbonyl (C=O) groups excluding carboxylic acids is 2. The van der Waals surface area contributed by atoms with Gasteiger partial charge in [0.25, 0.3) is 17.5 Å². The van der Waals surface area contributed by atoms with Crippen molar-refractivity contribution in [3.63, 3.8) is 0 Å². The number of benzene rings is 2. The zero-order chi connectivity index (χ0) is 15.9. The number of carbonyl (C=O) groups is 2. The molecule has 0 spiro atoms. The predicted molar refractivity (Wildman–Crippen MR) is 76.3 cm³/mol. The highest BCUT2D eigenvalue weighted by molar-refractivity contribution is 6.21. The quantitative estimate of drug-likeness (QED) is 0.344. The third-order valence-electron chi connectivity index (χ3n) is 3.19. The largest absolute Gasteiger partial charge is 0.508 e. The van der Waals surface area contributed by atoms with Crippen molar-refractivity contribution in [2.45, 2.75) is 0 Å². The Kier molecular flexibility index (Phi) is 2.99. The van der Waals surface area contributed by atoms with E-state index in [1.807, 2.05) is 0 Å². The predicted octanol–water partition coefficient (Wildman–Crippen LogP) is 1.93. The van der Waals surface area contributed by atoms with Crippen molar-refractivity contribution >= 4 is 28.9 Å². The summed E-state index contributed by atoms with van der Waals surface area (Å²) in [5.41, 5.74) is 0.734. The second kappa shape index (κ2) is 4.85. The van der Waals surface area contributed by atoms with Crippen LogP contribution in [0.15, 0.2) is 36.4 Å². The number of phenolic OH excluding ortho intramolecular Hbond substituents is 1. The van der Waals surface area contributed by atoms with Gasteiger partial charge in [-0.15, -0.1) is 0 Å². The summed E-state index contributed by atoms with van der Waals surface area (Å²) in [5, 5.41) is 25.3. The van der Waals surface area contributed by atoms with Gasteiger partial charge in [-0.2, -0.15) is 0 Å². The van der Waals surface area contributed by atoms with Crippen molar-refractivity contribution in [2.24, 2.45) is 0 Å². The first-order valence-corrected chi connectivity index (χ1v) is 6.20. The molecule has 3 rings (SSSR count). The van der Waals surface area contributed by atoms with Crippen molar-refractivity contribution in [3.05, 3.63) is 57.6 Å². The topological polar surface area (TPSA) is 122 Å². The maximum absolute atomic E-state index is 11.6. The van der Waals surface area contributed by atoms with Crippen molar-refractivity contribution in [1.29, 1.82) is 0 Å². The number of fused-ring (bicyclic) bond motifs is 1. The molecule has 0 fully saturated rings. The number of amides is 2. The van der Waals surface area contributed by atoms with E-state index in [-0.39, 0.29) is 28.3 Å². The number of phenols is 1. The lowest BCUT2D eigenvalue weighted by molar-refractivity contribution is -0.384. The van der Waals surface area contributed by atoms with Crippen LogP contribution in [-0.2, 0) is 0 Å². The van der Waals surface area contributed by atoms with Gasteiger partial charge in [0.2, 0.25) is 0 Å². The first-order chi connectivity index (χ1) is 10.5. The van der Waals surface area contributed by atoms with Gasteiger partial charge in [-0.25, -0.2) is 0 Å². The van der Waals surface area contributed by atoms with Crippen LogP contribution >= 0.6 is 0 Å². The standard InChI is InChI=1S/C14H9N3O5/c18-8-2-4-11(12(6-8)17(21)22)15-7-1-3-9-10(5-7)14(20)16-13(9)19/h1-6,15,18H,(H,16,19,20). The second-order valence-corrected chi connectivity index (χ2v) is 4.63. The van der Waals surface area contributed by atoms with Crippen LogP contribution in [0.3, 0.4) is 0 Å². The lowest BCUT2D eigenvalue weighted by atomic mass is 10.1. The van der Waals surface area contributed by atoms with Gasteiger partial charge in [-0.05, 0) is 30.3 Å². The molecule has 2 amide bonds. The summed E-state index contributed by atoms with van der Waals surface area (Å²) in [7, 11) is 0. The SMILES string of the molecule is O=C1NC(=O)c2cc(Nc3ccc(O)cc3[N+](=O)[O-])ccc21. The number of hydrogen-bond donors (Lipinski definition) is 3. The third kappa shape index (κ3) is 2.22. The van der Waals surface area contributed by atoms with Gasteiger partial charge >= 0.3 is 0 Å². The molecule has 0 saturated heterocycles. The Balaban J connectivity index is 1.98. The third-order valence-corrected chi connectivity index (χ3v) is 3.19. The van der Waals surface area contributed by atoms with E-state index in [0.29, 0.717) is 5.69 Å². The molecule has 0 aromatic heterocycles. The van der Waals surface area contributed by atoms with Crippen LogP contribution in [-0.4, -0.2) is 21.8 Å². The Morgan fingerprint density at radius 2 is 1.77 bits per heavy atom. The Hall–Kier alpha value is -3.42. The van der Waals surface area contributed by atoms with Crippen molar-refractivity contribution in [2.75, 3.05) is 5.32 Å². The molecule has 8 nitrogen and oxygen atoms in total. The van der Waals surface area contributed by atoms with Gasteiger partial charge < -0.3 is 10.4 Å². The van der Waals surface area contributed by atoms with Crippen LogP contribution < -0.4 is 10.6 Å². The number of nitrogens with zero attached hydrogens (tertiary/aromatic N) is 1. The summed E-state index contributed by atoms with van der Waals surface area (Å²) in [4.78, 5) is 33.4. The summed E-state index contributed by atoms with van der Waals surface area (Å²) in [6.07, 6.45) is 0. The molecule has 2 aromatic carbocycles. The fraction of sp³-hybridized carbons (Fsp3) is 0. The maximum Gasteiger partial charge on any atom is 0.296 e. The molecular formula is C14H9N3O5. The van der Waals surface area contributed by atoms with Crippen LogP contribution in [0.4, 0.5) is 17.1 Å². The van der Waals surface area contributed by atoms with Gasteiger partial charge in [0.1, 0.15) is 11.4 Å². The second-order valence-electron chi connectivity index (χ2n) is 4.63. The normalized spacial score (nSPS) is 12.7. The van der Waals surface area contributed by atoms with E-state index in [4.69, 9.17) is 0 Å². The lowest BCUT2D eigenvalue weighted by Crippen LogP contribution is -2.19. The Bertz CT molecular complexity index is 831. The summed E-state index contributed by atoms with van der Waals surface area (Å²) < 4.78 is 0. The first kappa shape index (κ1) is 13.6. The Morgan fingerprint density at radius 3 is 2.50 bits per heavy atom. The molecule has 0 saturated carbocycles. The minimum absolute atomic E-state index is 0.160. The molecule has 0 unspecified atom stereocenters. The minimum atomic E-state index is -0.633. The smallest absolute Gasteiger partial charge is 0.296 e. The van der Waals surface area contributed by atoms with Crippen LogP contribution in [0.2, 0.25) is 0 Å². The average molecular weight is 299 g/mol. The fourth-order valence-electron chi connectivity index (χ4n) is 2.18. The van der Waals surface area contributed by atoms with Crippen molar-refractivity contribution in [3.8, 4) is 5.75 Å². The van der Waals surface area contributed by atoms with Crippen LogP contribution in [0.5, 0.6) is 5.75 Å². The highest BCUT2D eigenvalue weighted by Crippen LogP contribution is 2.31. The number of nitro groups is 1. The Labute approximate surface area is 123 Å². The first-order valence-electron chi connectivity index (χ1n) is 6.20. The highest BCUT2D eigenvalue weighted by atomic mass is 16.6. The summed E-state index contributed by atoms with van der Waals surface area (Å²) in [5.74, 6) is -1.21. The molecule has 0 radical (unpaired) electrons. The van der Waals surface area contributed by atoms with E-state index in [2.05, 4.69) is 10.6 Å². The molecule has 8 heteroatoms. The number of anilines is 2. The monoisotopic (exact) mass is 299 g/mol. The maximum atomic E-state index is 11.6. The molecule has 0 atom stereocenters. The molecule has 3 N–H and O–H groups in total. The number of hydrogen-bond acceptors (Lipinski definition) is 6. The number of nitrogens with one attached hydrogen (secondary N) is 2. The van der Waals surface area contributed by atoms with E-state index in [1.165, 1.54) is 30.3 Å². The molecule has 0 aliphatic carbocycles. The molecule has 1 aliphatic heterocycles. The number of aromatic hydroxyl groups is 1. The highest BCUT2D eigenvalue weighted by Gasteiger charge is 2.27. The van der Waals surface area contributed by atoms with Crippen LogP contribution in [0.1, 0.15) is 20.7 Å². The average Bonchev–Trinajstić information content (AvgIpc) is 2.75. The Morgan fingerprint density at radius 1 is 1.05 bits per heavy atom. The van der Waals surface area contributed by atoms with E-state index >= 15 is 0 Å². The summed E-state index contributed by atoms with van der Waals surface area (Å²) in [6, 6.07) is 8.11. The number of nitro benzene ring substituents is 1. The van der Waals surface area contributed by atoms with Gasteiger partial charge in [0.05, 0.1) is 22.1 Å². The van der Waals surface area contributed by atoms with Gasteiger partial charge in [0, 0.05) is 5.69 Å². The van der Waals surface area contributed by atoms with Crippen molar-refractivity contribution in [1.82, 2.24) is 5.32 Å². The van der Waals surface area contributed by atoms with Gasteiger partial charge in [-0.3, -0.25) is 25.0 Å². The molecule has 110 valence electrons. The number of imide groups is 1. The lowest BCUT2D eigenvalue weighted by Gasteiger charge is -2.08. The van der Waals surface area contributed by atoms with E-state index in [1.54, 1.807) is 0 Å². The van der Waals surface area contributed by atoms with E-state index < -0.39 is 16.7 Å². The molecule has 1 heterocycles. The molecule has 0 bridgehead atoms. The molecule has 2 aromatic rings. The van der Waals surface area contributed by atoms with Gasteiger partial charge in [-0.1, -0.05) is 0 Å².